The van der Waals surface area contributed by atoms with Crippen LogP contribution >= 0.6 is 0 Å². The molecule has 34 heavy (non-hydrogen) atoms. The summed E-state index contributed by atoms with van der Waals surface area (Å²) in [7, 11) is 0. The number of halogens is 2. The largest absolute Gasteiger partial charge is 0.478 e. The Balaban J connectivity index is 1.54. The number of aryl methyl sites for hydroxylation is 1. The van der Waals surface area contributed by atoms with Gasteiger partial charge in [-0.2, -0.15) is 0 Å². The van der Waals surface area contributed by atoms with Gasteiger partial charge in [0.1, 0.15) is 5.56 Å². The van der Waals surface area contributed by atoms with Crippen molar-refractivity contribution < 1.29 is 23.5 Å². The Hall–Kier alpha value is -4.47. The van der Waals surface area contributed by atoms with E-state index in [4.69, 9.17) is 0 Å². The van der Waals surface area contributed by atoms with Gasteiger partial charge in [-0.3, -0.25) is 19.1 Å². The fourth-order valence-electron chi connectivity index (χ4n) is 3.52. The molecular weight excluding hydrogens is 446 g/mol. The van der Waals surface area contributed by atoms with E-state index in [-0.39, 0.29) is 24.2 Å². The second kappa shape index (κ2) is 9.18. The number of pyridine rings is 1. The van der Waals surface area contributed by atoms with Gasteiger partial charge in [0.05, 0.1) is 24.0 Å². The molecule has 1 amide bonds. The van der Waals surface area contributed by atoms with Crippen molar-refractivity contribution in [1.29, 1.82) is 0 Å². The summed E-state index contributed by atoms with van der Waals surface area (Å²) in [6.45, 7) is 1.78. The zero-order chi connectivity index (χ0) is 24.4. The molecule has 0 atom stereocenters. The zero-order valence-electron chi connectivity index (χ0n) is 17.9. The summed E-state index contributed by atoms with van der Waals surface area (Å²) < 4.78 is 27.7. The van der Waals surface area contributed by atoms with Crippen molar-refractivity contribution >= 4 is 22.8 Å². The van der Waals surface area contributed by atoms with E-state index in [0.29, 0.717) is 16.5 Å². The Labute approximate surface area is 191 Å². The molecule has 2 heterocycles. The number of aromatic nitrogens is 3. The SMILES string of the molecule is Cc1c(CNC(=O)c2cncn(Cc3ccc(F)c(F)c3)c2=O)ccc2ncc(C(=O)O)cc12. The van der Waals surface area contributed by atoms with Crippen LogP contribution in [0.25, 0.3) is 10.9 Å². The first-order chi connectivity index (χ1) is 16.2. The minimum Gasteiger partial charge on any atom is -0.478 e. The number of amides is 1. The molecule has 0 aliphatic carbocycles. The monoisotopic (exact) mass is 464 g/mol. The van der Waals surface area contributed by atoms with Crippen molar-refractivity contribution in [1.82, 2.24) is 19.9 Å². The van der Waals surface area contributed by atoms with E-state index in [1.165, 1.54) is 24.7 Å². The first-order valence-corrected chi connectivity index (χ1v) is 10.1. The highest BCUT2D eigenvalue weighted by atomic mass is 19.2. The second-order valence-electron chi connectivity index (χ2n) is 7.62. The molecule has 0 saturated carbocycles. The predicted molar refractivity (Wildman–Crippen MR) is 119 cm³/mol. The average molecular weight is 464 g/mol. The van der Waals surface area contributed by atoms with Gasteiger partial charge in [-0.15, -0.1) is 0 Å². The lowest BCUT2D eigenvalue weighted by atomic mass is 10.0. The summed E-state index contributed by atoms with van der Waals surface area (Å²) in [5.41, 5.74) is 1.62. The second-order valence-corrected chi connectivity index (χ2v) is 7.62. The third-order valence-corrected chi connectivity index (χ3v) is 5.42. The van der Waals surface area contributed by atoms with Crippen LogP contribution in [0.4, 0.5) is 8.78 Å². The molecule has 0 radical (unpaired) electrons. The highest BCUT2D eigenvalue weighted by Crippen LogP contribution is 2.21. The first kappa shape index (κ1) is 22.7. The number of nitrogens with zero attached hydrogens (tertiary/aromatic N) is 3. The fraction of sp³-hybridized carbons (Fsp3) is 0.125. The van der Waals surface area contributed by atoms with Gasteiger partial charge in [-0.25, -0.2) is 18.6 Å². The molecule has 0 aliphatic heterocycles. The normalized spacial score (nSPS) is 10.9. The number of carboxylic acids is 1. The Bertz CT molecular complexity index is 1500. The molecule has 4 rings (SSSR count). The number of nitrogens with one attached hydrogen (secondary N) is 1. The molecule has 2 aromatic heterocycles. The van der Waals surface area contributed by atoms with Crippen LogP contribution in [0.5, 0.6) is 0 Å². The number of rotatable bonds is 6. The van der Waals surface area contributed by atoms with Gasteiger partial charge < -0.3 is 10.4 Å². The van der Waals surface area contributed by atoms with Gasteiger partial charge in [0.25, 0.3) is 11.5 Å². The molecule has 172 valence electrons. The van der Waals surface area contributed by atoms with Crippen LogP contribution in [-0.2, 0) is 13.1 Å². The maximum absolute atomic E-state index is 13.5. The zero-order valence-corrected chi connectivity index (χ0v) is 17.9. The highest BCUT2D eigenvalue weighted by molar-refractivity contribution is 5.95. The number of carbonyl (C=O) groups excluding carboxylic acids is 1. The molecule has 0 bridgehead atoms. The van der Waals surface area contributed by atoms with Crippen molar-refractivity contribution in [3.8, 4) is 0 Å². The summed E-state index contributed by atoms with van der Waals surface area (Å²) >= 11 is 0. The number of hydrogen-bond acceptors (Lipinski definition) is 5. The summed E-state index contributed by atoms with van der Waals surface area (Å²) in [6, 6.07) is 8.26. The standard InChI is InChI=1S/C24H18F2N4O4/c1-13-15(3-5-21-17(13)7-16(9-28-21)24(33)34)8-29-22(31)18-10-27-12-30(23(18)32)11-14-2-4-19(25)20(26)6-14/h2-7,9-10,12H,8,11H2,1H3,(H,29,31)(H,33,34). The van der Waals surface area contributed by atoms with Gasteiger partial charge in [0.15, 0.2) is 11.6 Å². The van der Waals surface area contributed by atoms with Crippen LogP contribution in [0.3, 0.4) is 0 Å². The number of carboxylic acid groups (broad SMARTS) is 1. The molecule has 4 aromatic rings. The van der Waals surface area contributed by atoms with E-state index < -0.39 is 29.1 Å². The molecule has 0 unspecified atom stereocenters. The minimum atomic E-state index is -1.09. The van der Waals surface area contributed by atoms with Crippen molar-refractivity contribution in [2.24, 2.45) is 0 Å². The Morgan fingerprint density at radius 2 is 1.88 bits per heavy atom. The van der Waals surface area contributed by atoms with Crippen LogP contribution < -0.4 is 10.9 Å². The lowest BCUT2D eigenvalue weighted by molar-refractivity contribution is 0.0696. The van der Waals surface area contributed by atoms with Crippen molar-refractivity contribution in [3.63, 3.8) is 0 Å². The molecule has 8 nitrogen and oxygen atoms in total. The minimum absolute atomic E-state index is 0.0498. The van der Waals surface area contributed by atoms with E-state index in [2.05, 4.69) is 15.3 Å². The Morgan fingerprint density at radius 3 is 2.62 bits per heavy atom. The summed E-state index contributed by atoms with van der Waals surface area (Å²) in [6.07, 6.45) is 3.62. The van der Waals surface area contributed by atoms with E-state index in [9.17, 15) is 28.3 Å². The number of aromatic carboxylic acids is 1. The topological polar surface area (TPSA) is 114 Å². The molecule has 10 heteroatoms. The van der Waals surface area contributed by atoms with Crippen LogP contribution in [0.15, 0.2) is 59.9 Å². The molecule has 2 N–H and O–H groups in total. The molecule has 2 aromatic carbocycles. The molecule has 0 spiro atoms. The summed E-state index contributed by atoms with van der Waals surface area (Å²) in [5.74, 6) is -3.79. The van der Waals surface area contributed by atoms with Crippen LogP contribution in [0.2, 0.25) is 0 Å². The van der Waals surface area contributed by atoms with Crippen molar-refractivity contribution in [3.05, 3.63) is 105 Å². The number of hydrogen-bond donors (Lipinski definition) is 2. The van der Waals surface area contributed by atoms with E-state index in [1.807, 2.05) is 0 Å². The van der Waals surface area contributed by atoms with Crippen LogP contribution in [0, 0.1) is 18.6 Å². The molecule has 0 fully saturated rings. The van der Waals surface area contributed by atoms with Gasteiger partial charge in [-0.1, -0.05) is 12.1 Å². The smallest absolute Gasteiger partial charge is 0.337 e. The Morgan fingerprint density at radius 1 is 1.09 bits per heavy atom. The van der Waals surface area contributed by atoms with Gasteiger partial charge in [0.2, 0.25) is 0 Å². The molecule has 0 saturated heterocycles. The number of fused-ring (bicyclic) bond motifs is 1. The highest BCUT2D eigenvalue weighted by Gasteiger charge is 2.15. The third-order valence-electron chi connectivity index (χ3n) is 5.42. The summed E-state index contributed by atoms with van der Waals surface area (Å²) in [5, 5.41) is 12.5. The first-order valence-electron chi connectivity index (χ1n) is 10.1. The van der Waals surface area contributed by atoms with Gasteiger partial charge >= 0.3 is 5.97 Å². The maximum Gasteiger partial charge on any atom is 0.337 e. The lowest BCUT2D eigenvalue weighted by Gasteiger charge is -2.12. The van der Waals surface area contributed by atoms with Crippen molar-refractivity contribution in [2.45, 2.75) is 20.0 Å². The maximum atomic E-state index is 13.5. The van der Waals surface area contributed by atoms with Gasteiger partial charge in [-0.05, 0) is 47.9 Å². The quantitative estimate of drug-likeness (QED) is 0.453. The van der Waals surface area contributed by atoms with Crippen LogP contribution in [0.1, 0.15) is 37.4 Å². The van der Waals surface area contributed by atoms with Gasteiger partial charge in [0, 0.05) is 24.3 Å². The van der Waals surface area contributed by atoms with Crippen LogP contribution in [-0.4, -0.2) is 31.5 Å². The molecular formula is C24H18F2N4O4. The van der Waals surface area contributed by atoms with E-state index >= 15 is 0 Å². The number of benzene rings is 2. The fourth-order valence-corrected chi connectivity index (χ4v) is 3.52. The predicted octanol–water partition coefficient (Wildman–Crippen LogP) is 3.05. The average Bonchev–Trinajstić information content (AvgIpc) is 2.82. The third kappa shape index (κ3) is 4.51. The van der Waals surface area contributed by atoms with E-state index in [1.54, 1.807) is 19.1 Å². The van der Waals surface area contributed by atoms with Crippen molar-refractivity contribution in [2.75, 3.05) is 0 Å². The lowest BCUT2D eigenvalue weighted by Crippen LogP contribution is -2.33. The Kier molecular flexibility index (Phi) is 6.13. The number of carbonyl (C=O) groups is 2. The molecule has 0 aliphatic rings. The van der Waals surface area contributed by atoms with E-state index in [0.717, 1.165) is 34.0 Å². The summed E-state index contributed by atoms with van der Waals surface area (Å²) in [4.78, 5) is 44.8.